The van der Waals surface area contributed by atoms with E-state index in [0.29, 0.717) is 48.1 Å². The van der Waals surface area contributed by atoms with Crippen LogP contribution in [0.4, 0.5) is 16.3 Å². The summed E-state index contributed by atoms with van der Waals surface area (Å²) in [5.74, 6) is -0.0207. The van der Waals surface area contributed by atoms with Crippen LogP contribution in [-0.4, -0.2) is 39.7 Å². The molecule has 0 atom stereocenters. The lowest BCUT2D eigenvalue weighted by atomic mass is 9.98. The van der Waals surface area contributed by atoms with Crippen molar-refractivity contribution in [2.45, 2.75) is 20.3 Å². The maximum atomic E-state index is 13.4. The number of hydrogen-bond donors (Lipinski definition) is 1. The largest absolute Gasteiger partial charge is 0.446 e. The van der Waals surface area contributed by atoms with Gasteiger partial charge in [0.2, 0.25) is 5.91 Å². The van der Waals surface area contributed by atoms with Gasteiger partial charge in [-0.3, -0.25) is 19.1 Å². The number of carbonyl (C=O) groups excluding carboxylic acids is 2. The van der Waals surface area contributed by atoms with E-state index in [9.17, 15) is 14.4 Å². The smallest absolute Gasteiger partial charge is 0.366 e. The number of urea groups is 1. The van der Waals surface area contributed by atoms with Crippen molar-refractivity contribution < 1.29 is 14.1 Å². The molecule has 10 heteroatoms. The molecule has 0 radical (unpaired) electrons. The van der Waals surface area contributed by atoms with E-state index in [1.807, 2.05) is 37.3 Å². The number of nitrogens with two attached hydrogens (primary N) is 1. The maximum Gasteiger partial charge on any atom is 0.446 e. The zero-order valence-electron chi connectivity index (χ0n) is 19.8. The molecule has 2 aromatic heterocycles. The molecule has 1 fully saturated rings. The molecule has 2 N–H and O–H groups in total. The summed E-state index contributed by atoms with van der Waals surface area (Å²) >= 11 is 0. The molecule has 5 rings (SSSR count). The second-order valence-electron chi connectivity index (χ2n) is 8.39. The molecule has 0 bridgehead atoms. The van der Waals surface area contributed by atoms with E-state index in [0.717, 1.165) is 16.7 Å². The Morgan fingerprint density at radius 1 is 1.03 bits per heavy atom. The van der Waals surface area contributed by atoms with Crippen LogP contribution in [0.5, 0.6) is 0 Å². The summed E-state index contributed by atoms with van der Waals surface area (Å²) in [6, 6.07) is 15.9. The molecule has 3 heterocycles. The van der Waals surface area contributed by atoms with Gasteiger partial charge in [-0.25, -0.2) is 19.1 Å². The summed E-state index contributed by atoms with van der Waals surface area (Å²) in [7, 11) is 0. The van der Waals surface area contributed by atoms with Crippen molar-refractivity contribution >= 4 is 23.4 Å². The molecule has 0 unspecified atom stereocenters. The summed E-state index contributed by atoms with van der Waals surface area (Å²) in [6.45, 7) is 4.63. The fraction of sp³-hybridized carbons (Fsp3) is 0.192. The Morgan fingerprint density at radius 2 is 1.78 bits per heavy atom. The van der Waals surface area contributed by atoms with E-state index in [1.54, 1.807) is 47.2 Å². The molecular formula is C26H24N6O4. The first-order valence-electron chi connectivity index (χ1n) is 11.5. The normalized spacial score (nSPS) is 13.4. The van der Waals surface area contributed by atoms with Crippen LogP contribution in [0.3, 0.4) is 0 Å². The number of hydrogen-bond acceptors (Lipinski definition) is 6. The third-order valence-electron chi connectivity index (χ3n) is 6.29. The number of pyridine rings is 1. The van der Waals surface area contributed by atoms with E-state index in [2.05, 4.69) is 10.1 Å². The zero-order valence-corrected chi connectivity index (χ0v) is 19.8. The standard InChI is InChI=1S/C26H24N6O4/c1-3-21-22(17-7-9-19(10-8-17)32-16(2)29-36-26(32)35)11-12-28-24(21)31-14-13-30(25(31)34)20-6-4-5-18(15-20)23(27)33/h4-12,15H,3,13-14H2,1-2H3,(H2,27,33). The van der Waals surface area contributed by atoms with Crippen molar-refractivity contribution in [2.24, 2.45) is 5.73 Å². The molecule has 1 aliphatic heterocycles. The van der Waals surface area contributed by atoms with Crippen molar-refractivity contribution in [3.8, 4) is 16.8 Å². The Bertz CT molecular complexity index is 1520. The molecular weight excluding hydrogens is 460 g/mol. The highest BCUT2D eigenvalue weighted by molar-refractivity contribution is 6.07. The molecule has 3 amide bonds. The first-order chi connectivity index (χ1) is 17.4. The summed E-state index contributed by atoms with van der Waals surface area (Å²) in [4.78, 5) is 44.8. The monoisotopic (exact) mass is 484 g/mol. The van der Waals surface area contributed by atoms with Crippen LogP contribution < -0.4 is 21.3 Å². The SMILES string of the molecule is CCc1c(-c2ccc(-n3c(C)noc3=O)cc2)ccnc1N1CCN(c2cccc(C(N)=O)c2)C1=O. The summed E-state index contributed by atoms with van der Waals surface area (Å²) in [6.07, 6.45) is 2.35. The Hall–Kier alpha value is -4.73. The number of benzene rings is 2. The molecule has 182 valence electrons. The first kappa shape index (κ1) is 23.0. The van der Waals surface area contributed by atoms with Crippen LogP contribution >= 0.6 is 0 Å². The van der Waals surface area contributed by atoms with E-state index in [4.69, 9.17) is 10.3 Å². The summed E-state index contributed by atoms with van der Waals surface area (Å²) in [5, 5.41) is 3.71. The highest BCUT2D eigenvalue weighted by Gasteiger charge is 2.33. The molecule has 0 spiro atoms. The van der Waals surface area contributed by atoms with E-state index in [1.165, 1.54) is 4.57 Å². The number of anilines is 2. The number of amides is 3. The number of aryl methyl sites for hydroxylation is 1. The maximum absolute atomic E-state index is 13.4. The van der Waals surface area contributed by atoms with E-state index < -0.39 is 11.7 Å². The lowest BCUT2D eigenvalue weighted by Crippen LogP contribution is -2.33. The highest BCUT2D eigenvalue weighted by Crippen LogP contribution is 2.33. The number of rotatable bonds is 6. The molecule has 0 aliphatic carbocycles. The Balaban J connectivity index is 1.47. The van der Waals surface area contributed by atoms with Gasteiger partial charge in [0.1, 0.15) is 5.82 Å². The predicted molar refractivity (Wildman–Crippen MR) is 134 cm³/mol. The van der Waals surface area contributed by atoms with E-state index >= 15 is 0 Å². The van der Waals surface area contributed by atoms with Gasteiger partial charge in [0, 0.05) is 36.1 Å². The van der Waals surface area contributed by atoms with Gasteiger partial charge in [0.15, 0.2) is 5.82 Å². The number of nitrogens with zero attached hydrogens (tertiary/aromatic N) is 5. The lowest BCUT2D eigenvalue weighted by Gasteiger charge is -2.22. The minimum Gasteiger partial charge on any atom is -0.366 e. The molecule has 2 aromatic carbocycles. The van der Waals surface area contributed by atoms with Crippen molar-refractivity contribution in [3.05, 3.63) is 88.3 Å². The predicted octanol–water partition coefficient (Wildman–Crippen LogP) is 3.30. The number of aromatic nitrogens is 3. The second-order valence-corrected chi connectivity index (χ2v) is 8.39. The second kappa shape index (κ2) is 9.14. The van der Waals surface area contributed by atoms with Crippen LogP contribution in [0, 0.1) is 6.92 Å². The molecule has 1 aliphatic rings. The van der Waals surface area contributed by atoms with Gasteiger partial charge in [-0.15, -0.1) is 0 Å². The first-order valence-corrected chi connectivity index (χ1v) is 11.5. The lowest BCUT2D eigenvalue weighted by molar-refractivity contribution is 0.1000. The van der Waals surface area contributed by atoms with Crippen LogP contribution in [0.25, 0.3) is 16.8 Å². The number of primary amides is 1. The molecule has 36 heavy (non-hydrogen) atoms. The molecule has 0 saturated carbocycles. The van der Waals surface area contributed by atoms with Crippen LogP contribution in [0.1, 0.15) is 28.7 Å². The van der Waals surface area contributed by atoms with Crippen LogP contribution in [0.15, 0.2) is 70.1 Å². The molecule has 1 saturated heterocycles. The third-order valence-corrected chi connectivity index (χ3v) is 6.29. The highest BCUT2D eigenvalue weighted by atomic mass is 16.5. The van der Waals surface area contributed by atoms with Crippen LogP contribution in [0.2, 0.25) is 0 Å². The Morgan fingerprint density at radius 3 is 2.44 bits per heavy atom. The fourth-order valence-electron chi connectivity index (χ4n) is 4.53. The topological polar surface area (TPSA) is 128 Å². The third kappa shape index (κ3) is 3.92. The van der Waals surface area contributed by atoms with Gasteiger partial charge >= 0.3 is 11.8 Å². The summed E-state index contributed by atoms with van der Waals surface area (Å²) in [5.41, 5.74) is 9.83. The Labute approximate surface area is 206 Å². The van der Waals surface area contributed by atoms with Crippen LogP contribution in [-0.2, 0) is 6.42 Å². The fourth-order valence-corrected chi connectivity index (χ4v) is 4.53. The van der Waals surface area contributed by atoms with Crippen molar-refractivity contribution in [1.82, 2.24) is 14.7 Å². The zero-order chi connectivity index (χ0) is 25.4. The van der Waals surface area contributed by atoms with Gasteiger partial charge in [-0.05, 0) is 60.9 Å². The molecule has 4 aromatic rings. The average molecular weight is 485 g/mol. The summed E-state index contributed by atoms with van der Waals surface area (Å²) < 4.78 is 6.12. The van der Waals surface area contributed by atoms with Gasteiger partial charge < -0.3 is 5.73 Å². The quantitative estimate of drug-likeness (QED) is 0.447. The van der Waals surface area contributed by atoms with Crippen molar-refractivity contribution in [2.75, 3.05) is 22.9 Å². The Kier molecular flexibility index (Phi) is 5.85. The van der Waals surface area contributed by atoms with Gasteiger partial charge in [0.25, 0.3) is 0 Å². The van der Waals surface area contributed by atoms with Gasteiger partial charge in [-0.1, -0.05) is 30.3 Å². The van der Waals surface area contributed by atoms with Gasteiger partial charge in [0.05, 0.1) is 5.69 Å². The average Bonchev–Trinajstić information content (AvgIpc) is 3.44. The van der Waals surface area contributed by atoms with Crippen molar-refractivity contribution in [3.63, 3.8) is 0 Å². The minimum absolute atomic E-state index is 0.214. The number of carbonyl (C=O) groups is 2. The van der Waals surface area contributed by atoms with Gasteiger partial charge in [-0.2, -0.15) is 0 Å². The van der Waals surface area contributed by atoms with Crippen molar-refractivity contribution in [1.29, 1.82) is 0 Å². The van der Waals surface area contributed by atoms with E-state index in [-0.39, 0.29) is 6.03 Å². The minimum atomic E-state index is -0.543. The molecule has 10 nitrogen and oxygen atoms in total.